The first-order chi connectivity index (χ1) is 11.1. The number of hydrogen-bond donors (Lipinski definition) is 1. The zero-order valence-electron chi connectivity index (χ0n) is 14.1. The van der Waals surface area contributed by atoms with Crippen LogP contribution < -0.4 is 9.46 Å². The van der Waals surface area contributed by atoms with Gasteiger partial charge in [0.25, 0.3) is 0 Å². The Kier molecular flexibility index (Phi) is 6.87. The number of nitrogens with one attached hydrogen (secondary N) is 1. The van der Waals surface area contributed by atoms with Crippen LogP contribution in [0.4, 0.5) is 0 Å². The Morgan fingerprint density at radius 2 is 1.78 bits per heavy atom. The van der Waals surface area contributed by atoms with E-state index in [4.69, 9.17) is 4.74 Å². The molecule has 1 atom stereocenters. The molecule has 1 aromatic rings. The fourth-order valence-corrected chi connectivity index (χ4v) is 3.56. The molecule has 1 N–H and O–H groups in total. The van der Waals surface area contributed by atoms with Crippen molar-refractivity contribution in [2.75, 3.05) is 32.0 Å². The second-order valence-corrected chi connectivity index (χ2v) is 7.96. The SMILES string of the molecule is CCOc1ccc(C(CNS(=O)(=O)CC)N2CCCCC2)cc1. The van der Waals surface area contributed by atoms with Gasteiger partial charge in [-0.15, -0.1) is 0 Å². The molecule has 0 saturated carbocycles. The van der Waals surface area contributed by atoms with E-state index >= 15 is 0 Å². The minimum Gasteiger partial charge on any atom is -0.494 e. The minimum atomic E-state index is -3.18. The highest BCUT2D eigenvalue weighted by molar-refractivity contribution is 7.89. The second kappa shape index (κ2) is 8.66. The fraction of sp³-hybridized carbons (Fsp3) is 0.647. The van der Waals surface area contributed by atoms with Gasteiger partial charge in [-0.2, -0.15) is 0 Å². The standard InChI is InChI=1S/C17H28N2O3S/c1-3-22-16-10-8-15(9-11-16)17(14-18-23(20,21)4-2)19-12-6-5-7-13-19/h8-11,17-18H,3-7,12-14H2,1-2H3. The largest absolute Gasteiger partial charge is 0.494 e. The molecule has 0 spiro atoms. The predicted octanol–water partition coefficient (Wildman–Crippen LogP) is 2.55. The molecule has 1 fully saturated rings. The molecule has 23 heavy (non-hydrogen) atoms. The van der Waals surface area contributed by atoms with Gasteiger partial charge in [0.1, 0.15) is 5.75 Å². The van der Waals surface area contributed by atoms with Gasteiger partial charge in [0, 0.05) is 12.6 Å². The number of nitrogens with zero attached hydrogens (tertiary/aromatic N) is 1. The molecule has 6 heteroatoms. The summed E-state index contributed by atoms with van der Waals surface area (Å²) in [5.74, 6) is 0.964. The van der Waals surface area contributed by atoms with E-state index in [0.717, 1.165) is 24.4 Å². The normalized spacial score (nSPS) is 17.8. The summed E-state index contributed by atoms with van der Waals surface area (Å²) in [7, 11) is -3.18. The molecule has 1 saturated heterocycles. The highest BCUT2D eigenvalue weighted by Gasteiger charge is 2.23. The summed E-state index contributed by atoms with van der Waals surface area (Å²) >= 11 is 0. The van der Waals surface area contributed by atoms with Crippen molar-refractivity contribution in [3.63, 3.8) is 0 Å². The quantitative estimate of drug-likeness (QED) is 0.790. The number of rotatable bonds is 8. The highest BCUT2D eigenvalue weighted by atomic mass is 32.2. The lowest BCUT2D eigenvalue weighted by Crippen LogP contribution is -2.41. The van der Waals surface area contributed by atoms with Crippen LogP contribution in [0.15, 0.2) is 24.3 Å². The van der Waals surface area contributed by atoms with Gasteiger partial charge in [0.15, 0.2) is 0 Å². The van der Waals surface area contributed by atoms with Crippen LogP contribution >= 0.6 is 0 Å². The van der Waals surface area contributed by atoms with E-state index in [-0.39, 0.29) is 11.8 Å². The first kappa shape index (κ1) is 18.2. The summed E-state index contributed by atoms with van der Waals surface area (Å²) in [4.78, 5) is 2.39. The van der Waals surface area contributed by atoms with Crippen LogP contribution in [0.5, 0.6) is 5.75 Å². The highest BCUT2D eigenvalue weighted by Crippen LogP contribution is 2.26. The molecule has 1 unspecified atom stereocenters. The van der Waals surface area contributed by atoms with Crippen LogP contribution in [0.2, 0.25) is 0 Å². The monoisotopic (exact) mass is 340 g/mol. The van der Waals surface area contributed by atoms with Crippen molar-refractivity contribution in [2.24, 2.45) is 0 Å². The van der Waals surface area contributed by atoms with Crippen molar-refractivity contribution in [1.29, 1.82) is 0 Å². The van der Waals surface area contributed by atoms with E-state index in [1.807, 2.05) is 31.2 Å². The van der Waals surface area contributed by atoms with E-state index in [0.29, 0.717) is 13.2 Å². The van der Waals surface area contributed by atoms with Gasteiger partial charge in [-0.25, -0.2) is 13.1 Å². The summed E-state index contributed by atoms with van der Waals surface area (Å²) in [5.41, 5.74) is 1.13. The second-order valence-electron chi connectivity index (χ2n) is 5.87. The van der Waals surface area contributed by atoms with Gasteiger partial charge in [0.2, 0.25) is 10.0 Å². The van der Waals surface area contributed by atoms with Crippen molar-refractivity contribution < 1.29 is 13.2 Å². The number of likely N-dealkylation sites (tertiary alicyclic amines) is 1. The Morgan fingerprint density at radius 1 is 1.13 bits per heavy atom. The van der Waals surface area contributed by atoms with Crippen molar-refractivity contribution in [3.8, 4) is 5.75 Å². The smallest absolute Gasteiger partial charge is 0.211 e. The third-order valence-electron chi connectivity index (χ3n) is 4.28. The number of benzene rings is 1. The third kappa shape index (κ3) is 5.48. The lowest BCUT2D eigenvalue weighted by molar-refractivity contribution is 0.164. The zero-order chi connectivity index (χ0) is 16.7. The Hall–Kier alpha value is -1.11. The van der Waals surface area contributed by atoms with E-state index in [2.05, 4.69) is 9.62 Å². The molecule has 1 aliphatic rings. The van der Waals surface area contributed by atoms with Gasteiger partial charge in [-0.1, -0.05) is 18.6 Å². The van der Waals surface area contributed by atoms with E-state index < -0.39 is 10.0 Å². The first-order valence-electron chi connectivity index (χ1n) is 8.50. The molecule has 0 aromatic heterocycles. The Morgan fingerprint density at radius 3 is 2.35 bits per heavy atom. The maximum absolute atomic E-state index is 11.8. The van der Waals surface area contributed by atoms with Crippen molar-refractivity contribution in [1.82, 2.24) is 9.62 Å². The molecule has 2 rings (SSSR count). The van der Waals surface area contributed by atoms with Crippen LogP contribution in [-0.2, 0) is 10.0 Å². The Balaban J connectivity index is 2.14. The predicted molar refractivity (Wildman–Crippen MR) is 93.2 cm³/mol. The number of hydrogen-bond acceptors (Lipinski definition) is 4. The van der Waals surface area contributed by atoms with Crippen molar-refractivity contribution in [3.05, 3.63) is 29.8 Å². The molecule has 0 amide bonds. The molecule has 1 heterocycles. The van der Waals surface area contributed by atoms with Crippen LogP contribution in [0.3, 0.4) is 0 Å². The van der Waals surface area contributed by atoms with Gasteiger partial charge in [-0.05, 0) is 57.5 Å². The van der Waals surface area contributed by atoms with Gasteiger partial charge >= 0.3 is 0 Å². The molecule has 1 aliphatic heterocycles. The summed E-state index contributed by atoms with van der Waals surface area (Å²) in [6.45, 7) is 6.73. The topological polar surface area (TPSA) is 58.6 Å². The fourth-order valence-electron chi connectivity index (χ4n) is 2.95. The molecular weight excluding hydrogens is 312 g/mol. The third-order valence-corrected chi connectivity index (χ3v) is 5.65. The molecular formula is C17H28N2O3S. The number of ether oxygens (including phenoxy) is 1. The summed E-state index contributed by atoms with van der Waals surface area (Å²) in [6.07, 6.45) is 3.61. The van der Waals surface area contributed by atoms with Crippen molar-refractivity contribution in [2.45, 2.75) is 39.2 Å². The molecule has 0 bridgehead atoms. The molecule has 5 nitrogen and oxygen atoms in total. The lowest BCUT2D eigenvalue weighted by atomic mass is 10.0. The van der Waals surface area contributed by atoms with Crippen LogP contribution in [0.25, 0.3) is 0 Å². The Labute approximate surface area is 140 Å². The number of piperidine rings is 1. The van der Waals surface area contributed by atoms with Gasteiger partial charge in [0.05, 0.1) is 12.4 Å². The van der Waals surface area contributed by atoms with Gasteiger partial charge in [-0.3, -0.25) is 4.90 Å². The number of sulfonamides is 1. The molecule has 0 aliphatic carbocycles. The average molecular weight is 340 g/mol. The summed E-state index contributed by atoms with van der Waals surface area (Å²) in [5, 5.41) is 0. The molecule has 1 aromatic carbocycles. The minimum absolute atomic E-state index is 0.0762. The molecule has 130 valence electrons. The Bertz CT molecular complexity index is 566. The maximum atomic E-state index is 11.8. The summed E-state index contributed by atoms with van der Waals surface area (Å²) < 4.78 is 31.9. The van der Waals surface area contributed by atoms with Crippen LogP contribution in [0, 0.1) is 0 Å². The van der Waals surface area contributed by atoms with Crippen LogP contribution in [0.1, 0.15) is 44.7 Å². The zero-order valence-corrected chi connectivity index (χ0v) is 14.9. The molecule has 0 radical (unpaired) electrons. The van der Waals surface area contributed by atoms with E-state index in [1.54, 1.807) is 6.92 Å². The summed E-state index contributed by atoms with van der Waals surface area (Å²) in [6, 6.07) is 8.09. The van der Waals surface area contributed by atoms with Crippen LogP contribution in [-0.4, -0.2) is 45.3 Å². The first-order valence-corrected chi connectivity index (χ1v) is 10.1. The van der Waals surface area contributed by atoms with Gasteiger partial charge < -0.3 is 4.74 Å². The van der Waals surface area contributed by atoms with E-state index in [9.17, 15) is 8.42 Å². The van der Waals surface area contributed by atoms with Crippen molar-refractivity contribution >= 4 is 10.0 Å². The lowest BCUT2D eigenvalue weighted by Gasteiger charge is -2.35. The van der Waals surface area contributed by atoms with E-state index in [1.165, 1.54) is 19.3 Å². The average Bonchev–Trinajstić information content (AvgIpc) is 2.58. The maximum Gasteiger partial charge on any atom is 0.211 e.